The number of ether oxygens (including phenoxy) is 1. The third-order valence-corrected chi connectivity index (χ3v) is 4.05. The zero-order chi connectivity index (χ0) is 17.4. The molecule has 0 saturated carbocycles. The van der Waals surface area contributed by atoms with Gasteiger partial charge in [0.05, 0.1) is 12.5 Å². The average Bonchev–Trinajstić information content (AvgIpc) is 2.61. The summed E-state index contributed by atoms with van der Waals surface area (Å²) < 4.78 is 5.04. The smallest absolute Gasteiger partial charge is 0.310 e. The molecule has 2 rings (SSSR count). The summed E-state index contributed by atoms with van der Waals surface area (Å²) in [5, 5.41) is 0. The molecule has 0 heterocycles. The summed E-state index contributed by atoms with van der Waals surface area (Å²) in [7, 11) is 0. The molecule has 0 unspecified atom stereocenters. The van der Waals surface area contributed by atoms with Crippen LogP contribution in [0.5, 0.6) is 0 Å². The van der Waals surface area contributed by atoms with E-state index in [2.05, 4.69) is 36.4 Å². The van der Waals surface area contributed by atoms with E-state index in [1.165, 1.54) is 11.1 Å². The second-order valence-electron chi connectivity index (χ2n) is 5.95. The minimum absolute atomic E-state index is 0.120. The lowest BCUT2D eigenvalue weighted by molar-refractivity contribution is -0.148. The van der Waals surface area contributed by atoms with Gasteiger partial charge in [-0.3, -0.25) is 4.79 Å². The molecular formula is C20H26N2O2. The molecule has 0 aliphatic carbocycles. The summed E-state index contributed by atoms with van der Waals surface area (Å²) >= 11 is 0. The monoisotopic (exact) mass is 326 g/mol. The van der Waals surface area contributed by atoms with E-state index in [-0.39, 0.29) is 24.5 Å². The predicted molar refractivity (Wildman–Crippen MR) is 97.4 cm³/mol. The lowest BCUT2D eigenvalue weighted by Crippen LogP contribution is -2.34. The molecular weight excluding hydrogens is 300 g/mol. The fraction of sp³-hybridized carbons (Fsp3) is 0.350. The summed E-state index contributed by atoms with van der Waals surface area (Å²) in [5.74, 6) is -0.585. The zero-order valence-electron chi connectivity index (χ0n) is 14.2. The van der Waals surface area contributed by atoms with Crippen LogP contribution in [0.2, 0.25) is 0 Å². The second kappa shape index (κ2) is 9.21. The maximum absolute atomic E-state index is 11.8. The van der Waals surface area contributed by atoms with E-state index >= 15 is 0 Å². The highest BCUT2D eigenvalue weighted by atomic mass is 16.5. The van der Waals surface area contributed by atoms with Crippen LogP contribution in [0.1, 0.15) is 18.9 Å². The SMILES string of the molecule is CCOC(=O)[C@H](CN)C[C@H](N)Cc1ccc(-c2ccccc2)cc1. The first-order valence-electron chi connectivity index (χ1n) is 8.40. The molecule has 0 radical (unpaired) electrons. The Kier molecular flexibility index (Phi) is 6.97. The summed E-state index contributed by atoms with van der Waals surface area (Å²) in [6, 6.07) is 18.5. The van der Waals surface area contributed by atoms with Crippen LogP contribution < -0.4 is 11.5 Å². The molecule has 4 nitrogen and oxygen atoms in total. The topological polar surface area (TPSA) is 78.3 Å². The highest BCUT2D eigenvalue weighted by Gasteiger charge is 2.21. The number of carbonyl (C=O) groups excluding carboxylic acids is 1. The van der Waals surface area contributed by atoms with Crippen molar-refractivity contribution in [3.8, 4) is 11.1 Å². The molecule has 24 heavy (non-hydrogen) atoms. The Labute approximate surface area is 143 Å². The van der Waals surface area contributed by atoms with Crippen molar-refractivity contribution in [1.29, 1.82) is 0 Å². The van der Waals surface area contributed by atoms with Gasteiger partial charge in [-0.05, 0) is 36.5 Å². The van der Waals surface area contributed by atoms with Crippen molar-refractivity contribution in [2.45, 2.75) is 25.8 Å². The number of nitrogens with two attached hydrogens (primary N) is 2. The van der Waals surface area contributed by atoms with Crippen LogP contribution in [0.4, 0.5) is 0 Å². The van der Waals surface area contributed by atoms with Gasteiger partial charge in [0, 0.05) is 12.6 Å². The first kappa shape index (κ1) is 18.2. The van der Waals surface area contributed by atoms with Crippen molar-refractivity contribution in [3.63, 3.8) is 0 Å². The molecule has 0 aliphatic heterocycles. The van der Waals surface area contributed by atoms with Gasteiger partial charge in [-0.1, -0.05) is 54.6 Å². The fourth-order valence-corrected chi connectivity index (χ4v) is 2.76. The molecule has 0 aliphatic rings. The molecule has 2 atom stereocenters. The molecule has 0 amide bonds. The molecule has 4 heteroatoms. The third kappa shape index (κ3) is 5.18. The first-order chi connectivity index (χ1) is 11.6. The van der Waals surface area contributed by atoms with Crippen molar-refractivity contribution in [1.82, 2.24) is 0 Å². The van der Waals surface area contributed by atoms with Gasteiger partial charge < -0.3 is 16.2 Å². The summed E-state index contributed by atoms with van der Waals surface area (Å²) in [5.41, 5.74) is 15.4. The van der Waals surface area contributed by atoms with E-state index in [0.717, 1.165) is 5.56 Å². The van der Waals surface area contributed by atoms with E-state index in [4.69, 9.17) is 16.2 Å². The van der Waals surface area contributed by atoms with Crippen LogP contribution in [0.25, 0.3) is 11.1 Å². The molecule has 0 bridgehead atoms. The van der Waals surface area contributed by atoms with Gasteiger partial charge in [-0.25, -0.2) is 0 Å². The summed E-state index contributed by atoms with van der Waals surface area (Å²) in [4.78, 5) is 11.8. The molecule has 0 spiro atoms. The third-order valence-electron chi connectivity index (χ3n) is 4.05. The Bertz CT molecular complexity index is 626. The maximum Gasteiger partial charge on any atom is 0.310 e. The standard InChI is InChI=1S/C20H26N2O2/c1-2-24-20(23)18(14-21)13-19(22)12-15-8-10-17(11-9-15)16-6-4-3-5-7-16/h3-11,18-19H,2,12-14,21-22H2,1H3/t18-,19+/m0/s1. The lowest BCUT2D eigenvalue weighted by atomic mass is 9.94. The first-order valence-corrected chi connectivity index (χ1v) is 8.40. The number of hydrogen-bond donors (Lipinski definition) is 2. The summed E-state index contributed by atoms with van der Waals surface area (Å²) in [6.07, 6.45) is 1.25. The van der Waals surface area contributed by atoms with Gasteiger partial charge in [0.25, 0.3) is 0 Å². The van der Waals surface area contributed by atoms with Gasteiger partial charge in [-0.2, -0.15) is 0 Å². The molecule has 128 valence electrons. The van der Waals surface area contributed by atoms with Gasteiger partial charge in [0.1, 0.15) is 0 Å². The average molecular weight is 326 g/mol. The minimum Gasteiger partial charge on any atom is -0.466 e. The van der Waals surface area contributed by atoms with Crippen LogP contribution in [0, 0.1) is 5.92 Å². The molecule has 2 aromatic rings. The molecule has 0 aromatic heterocycles. The van der Waals surface area contributed by atoms with Crippen LogP contribution in [-0.2, 0) is 16.0 Å². The Hall–Kier alpha value is -2.17. The lowest BCUT2D eigenvalue weighted by Gasteiger charge is -2.18. The molecule has 0 fully saturated rings. The zero-order valence-corrected chi connectivity index (χ0v) is 14.2. The highest BCUT2D eigenvalue weighted by molar-refractivity contribution is 5.72. The Morgan fingerprint density at radius 1 is 1.04 bits per heavy atom. The summed E-state index contributed by atoms with van der Waals surface area (Å²) in [6.45, 7) is 2.42. The van der Waals surface area contributed by atoms with Crippen LogP contribution in [0.3, 0.4) is 0 Å². The second-order valence-corrected chi connectivity index (χ2v) is 5.95. The number of esters is 1. The normalized spacial score (nSPS) is 13.3. The van der Waals surface area contributed by atoms with Crippen molar-refractivity contribution in [3.05, 3.63) is 60.2 Å². The van der Waals surface area contributed by atoms with E-state index in [0.29, 0.717) is 19.4 Å². The van der Waals surface area contributed by atoms with E-state index in [9.17, 15) is 4.79 Å². The van der Waals surface area contributed by atoms with Crippen molar-refractivity contribution < 1.29 is 9.53 Å². The number of rotatable bonds is 8. The van der Waals surface area contributed by atoms with Gasteiger partial charge in [0.2, 0.25) is 0 Å². The van der Waals surface area contributed by atoms with E-state index in [1.807, 2.05) is 18.2 Å². The Morgan fingerprint density at radius 2 is 1.67 bits per heavy atom. The van der Waals surface area contributed by atoms with E-state index in [1.54, 1.807) is 6.92 Å². The molecule has 0 saturated heterocycles. The Balaban J connectivity index is 1.94. The Morgan fingerprint density at radius 3 is 2.25 bits per heavy atom. The molecule has 4 N–H and O–H groups in total. The largest absolute Gasteiger partial charge is 0.466 e. The van der Waals surface area contributed by atoms with Crippen LogP contribution >= 0.6 is 0 Å². The predicted octanol–water partition coefficient (Wildman–Crippen LogP) is 2.75. The fourth-order valence-electron chi connectivity index (χ4n) is 2.76. The minimum atomic E-state index is -0.330. The van der Waals surface area contributed by atoms with E-state index < -0.39 is 0 Å². The maximum atomic E-state index is 11.8. The number of benzene rings is 2. The quantitative estimate of drug-likeness (QED) is 0.731. The van der Waals surface area contributed by atoms with Gasteiger partial charge in [0.15, 0.2) is 0 Å². The van der Waals surface area contributed by atoms with Crippen LogP contribution in [-0.4, -0.2) is 25.2 Å². The van der Waals surface area contributed by atoms with Crippen molar-refractivity contribution in [2.24, 2.45) is 17.4 Å². The molecule has 2 aromatic carbocycles. The van der Waals surface area contributed by atoms with Gasteiger partial charge in [-0.15, -0.1) is 0 Å². The van der Waals surface area contributed by atoms with Gasteiger partial charge >= 0.3 is 5.97 Å². The van der Waals surface area contributed by atoms with Crippen LogP contribution in [0.15, 0.2) is 54.6 Å². The van der Waals surface area contributed by atoms with Crippen molar-refractivity contribution >= 4 is 5.97 Å². The number of carbonyl (C=O) groups is 1. The van der Waals surface area contributed by atoms with Crippen molar-refractivity contribution in [2.75, 3.05) is 13.2 Å². The number of hydrogen-bond acceptors (Lipinski definition) is 4. The highest BCUT2D eigenvalue weighted by Crippen LogP contribution is 2.20.